The Morgan fingerprint density at radius 1 is 1.36 bits per heavy atom. The van der Waals surface area contributed by atoms with Gasteiger partial charge in [0.25, 0.3) is 0 Å². The summed E-state index contributed by atoms with van der Waals surface area (Å²) in [7, 11) is 0. The summed E-state index contributed by atoms with van der Waals surface area (Å²) in [5, 5.41) is 0. The van der Waals surface area contributed by atoms with Gasteiger partial charge in [0, 0.05) is 25.1 Å². The number of carbonyl (C=O) groups is 1. The maximum absolute atomic E-state index is 13.6. The van der Waals surface area contributed by atoms with E-state index in [-0.39, 0.29) is 11.5 Å². The molecule has 1 aromatic rings. The molecule has 0 spiro atoms. The van der Waals surface area contributed by atoms with E-state index in [1.165, 1.54) is 18.2 Å². The van der Waals surface area contributed by atoms with Crippen LogP contribution < -0.4 is 0 Å². The third kappa shape index (κ3) is 4.39. The lowest BCUT2D eigenvalue weighted by Crippen LogP contribution is -2.39. The molecule has 1 fully saturated rings. The van der Waals surface area contributed by atoms with E-state index in [0.717, 1.165) is 19.4 Å². The Morgan fingerprint density at radius 2 is 2.09 bits per heavy atom. The fourth-order valence-electron chi connectivity index (χ4n) is 3.03. The van der Waals surface area contributed by atoms with E-state index in [2.05, 4.69) is 6.58 Å². The SMILES string of the molecule is C=CCCC(=O)N1CCCC(CCc2c(F)cccc2F)C1. The first kappa shape index (κ1) is 16.7. The molecule has 0 aliphatic carbocycles. The summed E-state index contributed by atoms with van der Waals surface area (Å²) in [5.41, 5.74) is 0.164. The highest BCUT2D eigenvalue weighted by Crippen LogP contribution is 2.24. The van der Waals surface area contributed by atoms with Gasteiger partial charge in [0.15, 0.2) is 0 Å². The van der Waals surface area contributed by atoms with Gasteiger partial charge in [-0.05, 0) is 50.2 Å². The first-order chi connectivity index (χ1) is 10.6. The van der Waals surface area contributed by atoms with Crippen molar-refractivity contribution in [1.29, 1.82) is 0 Å². The quantitative estimate of drug-likeness (QED) is 0.725. The van der Waals surface area contributed by atoms with Gasteiger partial charge in [-0.25, -0.2) is 8.78 Å². The summed E-state index contributed by atoms with van der Waals surface area (Å²) in [6.07, 6.45) is 6.02. The minimum Gasteiger partial charge on any atom is -0.342 e. The number of amides is 1. The Balaban J connectivity index is 1.88. The van der Waals surface area contributed by atoms with Crippen LogP contribution in [0.1, 0.15) is 37.7 Å². The lowest BCUT2D eigenvalue weighted by Gasteiger charge is -2.33. The molecule has 1 heterocycles. The standard InChI is InChI=1S/C18H23F2NO/c1-2-3-9-18(22)21-12-5-6-14(13-21)10-11-15-16(19)7-4-8-17(15)20/h2,4,7-8,14H,1,3,5-6,9-13H2. The van der Waals surface area contributed by atoms with Crippen LogP contribution in [0.15, 0.2) is 30.9 Å². The first-order valence-electron chi connectivity index (χ1n) is 7.93. The molecule has 1 saturated heterocycles. The average Bonchev–Trinajstić information content (AvgIpc) is 2.52. The lowest BCUT2D eigenvalue weighted by molar-refractivity contribution is -0.132. The van der Waals surface area contributed by atoms with Gasteiger partial charge in [-0.1, -0.05) is 12.1 Å². The molecule has 1 aliphatic heterocycles. The third-order valence-corrected chi connectivity index (χ3v) is 4.30. The Labute approximate surface area is 130 Å². The zero-order valence-electron chi connectivity index (χ0n) is 12.9. The molecule has 0 N–H and O–H groups in total. The molecular formula is C18H23F2NO. The molecule has 22 heavy (non-hydrogen) atoms. The number of carbonyl (C=O) groups excluding carboxylic acids is 1. The zero-order valence-corrected chi connectivity index (χ0v) is 12.9. The summed E-state index contributed by atoms with van der Waals surface area (Å²) in [4.78, 5) is 13.9. The molecule has 1 aromatic carbocycles. The summed E-state index contributed by atoms with van der Waals surface area (Å²) in [6, 6.07) is 3.98. The summed E-state index contributed by atoms with van der Waals surface area (Å²) in [6.45, 7) is 5.12. The van der Waals surface area contributed by atoms with Crippen molar-refractivity contribution < 1.29 is 13.6 Å². The van der Waals surface area contributed by atoms with Crippen molar-refractivity contribution in [2.24, 2.45) is 5.92 Å². The van der Waals surface area contributed by atoms with Gasteiger partial charge in [0.1, 0.15) is 11.6 Å². The third-order valence-electron chi connectivity index (χ3n) is 4.30. The highest BCUT2D eigenvalue weighted by Gasteiger charge is 2.23. The molecule has 1 atom stereocenters. The fraction of sp³-hybridized carbons (Fsp3) is 0.500. The van der Waals surface area contributed by atoms with Crippen molar-refractivity contribution in [2.75, 3.05) is 13.1 Å². The van der Waals surface area contributed by atoms with Crippen LogP contribution in [0.4, 0.5) is 8.78 Å². The highest BCUT2D eigenvalue weighted by molar-refractivity contribution is 5.76. The molecule has 2 nitrogen and oxygen atoms in total. The molecule has 4 heteroatoms. The van der Waals surface area contributed by atoms with E-state index in [1.54, 1.807) is 6.08 Å². The van der Waals surface area contributed by atoms with E-state index in [4.69, 9.17) is 0 Å². The number of hydrogen-bond donors (Lipinski definition) is 0. The summed E-state index contributed by atoms with van der Waals surface area (Å²) < 4.78 is 27.3. The molecule has 0 saturated carbocycles. The second-order valence-corrected chi connectivity index (χ2v) is 5.91. The van der Waals surface area contributed by atoms with Crippen molar-refractivity contribution in [1.82, 2.24) is 4.90 Å². The van der Waals surface area contributed by atoms with Crippen LogP contribution in [-0.2, 0) is 11.2 Å². The predicted octanol–water partition coefficient (Wildman–Crippen LogP) is 4.10. The second-order valence-electron chi connectivity index (χ2n) is 5.91. The van der Waals surface area contributed by atoms with Gasteiger partial charge in [-0.3, -0.25) is 4.79 Å². The normalized spacial score (nSPS) is 18.3. The zero-order chi connectivity index (χ0) is 15.9. The summed E-state index contributed by atoms with van der Waals surface area (Å²) >= 11 is 0. The number of benzene rings is 1. The minimum atomic E-state index is -0.477. The largest absolute Gasteiger partial charge is 0.342 e. The van der Waals surface area contributed by atoms with Crippen LogP contribution in [-0.4, -0.2) is 23.9 Å². The topological polar surface area (TPSA) is 20.3 Å². The minimum absolute atomic E-state index is 0.154. The van der Waals surface area contributed by atoms with Crippen LogP contribution in [0, 0.1) is 17.6 Å². The van der Waals surface area contributed by atoms with Crippen LogP contribution in [0.25, 0.3) is 0 Å². The van der Waals surface area contributed by atoms with Crippen LogP contribution in [0.2, 0.25) is 0 Å². The molecule has 0 radical (unpaired) electrons. The molecular weight excluding hydrogens is 284 g/mol. The van der Waals surface area contributed by atoms with Crippen molar-refractivity contribution in [3.05, 3.63) is 48.1 Å². The van der Waals surface area contributed by atoms with E-state index >= 15 is 0 Å². The number of piperidine rings is 1. The van der Waals surface area contributed by atoms with Gasteiger partial charge >= 0.3 is 0 Å². The second kappa shape index (κ2) is 8.06. The van der Waals surface area contributed by atoms with Gasteiger partial charge in [0.2, 0.25) is 5.91 Å². The number of halogens is 2. The monoisotopic (exact) mass is 307 g/mol. The lowest BCUT2D eigenvalue weighted by atomic mass is 9.91. The number of allylic oxidation sites excluding steroid dienone is 1. The number of likely N-dealkylation sites (tertiary alicyclic amines) is 1. The van der Waals surface area contributed by atoms with Crippen molar-refractivity contribution in [3.8, 4) is 0 Å². The number of rotatable bonds is 6. The van der Waals surface area contributed by atoms with Crippen molar-refractivity contribution >= 4 is 5.91 Å². The van der Waals surface area contributed by atoms with Crippen LogP contribution in [0.3, 0.4) is 0 Å². The molecule has 1 amide bonds. The smallest absolute Gasteiger partial charge is 0.222 e. The first-order valence-corrected chi connectivity index (χ1v) is 7.93. The summed E-state index contributed by atoms with van der Waals surface area (Å²) in [5.74, 6) is -0.480. The Hall–Kier alpha value is -1.71. The molecule has 0 aromatic heterocycles. The van der Waals surface area contributed by atoms with E-state index in [1.807, 2.05) is 4.90 Å². The highest BCUT2D eigenvalue weighted by atomic mass is 19.1. The molecule has 1 unspecified atom stereocenters. The van der Waals surface area contributed by atoms with Gasteiger partial charge in [-0.15, -0.1) is 6.58 Å². The average molecular weight is 307 g/mol. The van der Waals surface area contributed by atoms with E-state index in [0.29, 0.717) is 38.1 Å². The van der Waals surface area contributed by atoms with E-state index < -0.39 is 11.6 Å². The maximum Gasteiger partial charge on any atom is 0.222 e. The number of nitrogens with zero attached hydrogens (tertiary/aromatic N) is 1. The maximum atomic E-state index is 13.6. The van der Waals surface area contributed by atoms with Gasteiger partial charge in [0.05, 0.1) is 0 Å². The molecule has 0 bridgehead atoms. The van der Waals surface area contributed by atoms with Crippen molar-refractivity contribution in [2.45, 2.75) is 38.5 Å². The molecule has 1 aliphatic rings. The number of hydrogen-bond acceptors (Lipinski definition) is 1. The molecule has 120 valence electrons. The van der Waals surface area contributed by atoms with Crippen LogP contribution >= 0.6 is 0 Å². The predicted molar refractivity (Wildman–Crippen MR) is 83.4 cm³/mol. The van der Waals surface area contributed by atoms with Gasteiger partial charge in [-0.2, -0.15) is 0 Å². The fourth-order valence-corrected chi connectivity index (χ4v) is 3.03. The Morgan fingerprint density at radius 3 is 2.77 bits per heavy atom. The van der Waals surface area contributed by atoms with Gasteiger partial charge < -0.3 is 4.90 Å². The van der Waals surface area contributed by atoms with Crippen LogP contribution in [0.5, 0.6) is 0 Å². The molecule has 2 rings (SSSR count). The Kier molecular flexibility index (Phi) is 6.10. The van der Waals surface area contributed by atoms with E-state index in [9.17, 15) is 13.6 Å². The van der Waals surface area contributed by atoms with Crippen molar-refractivity contribution in [3.63, 3.8) is 0 Å². The Bertz CT molecular complexity index is 510.